The number of alkyl halides is 3. The third-order valence-electron chi connectivity index (χ3n) is 4.51. The summed E-state index contributed by atoms with van der Waals surface area (Å²) in [4.78, 5) is 37.0. The topological polar surface area (TPSA) is 112 Å². The second-order valence-electron chi connectivity index (χ2n) is 6.79. The van der Waals surface area contributed by atoms with Gasteiger partial charge in [-0.25, -0.2) is 0 Å². The highest BCUT2D eigenvalue weighted by atomic mass is 19.4. The molecule has 0 saturated carbocycles. The van der Waals surface area contributed by atoms with Crippen molar-refractivity contribution < 1.29 is 32.3 Å². The number of nitrogens with zero attached hydrogens (tertiary/aromatic N) is 2. The molecule has 8 nitrogen and oxygen atoms in total. The molecule has 1 heterocycles. The maximum Gasteiger partial charge on any atom is 0.573 e. The van der Waals surface area contributed by atoms with Crippen molar-refractivity contribution in [3.8, 4) is 11.8 Å². The zero-order valence-electron chi connectivity index (χ0n) is 16.2. The summed E-state index contributed by atoms with van der Waals surface area (Å²) in [6, 6.07) is 5.30. The highest BCUT2D eigenvalue weighted by Crippen LogP contribution is 2.27. The van der Waals surface area contributed by atoms with Crippen LogP contribution in [0.1, 0.15) is 30.9 Å². The van der Waals surface area contributed by atoms with E-state index >= 15 is 0 Å². The van der Waals surface area contributed by atoms with Crippen molar-refractivity contribution in [2.75, 3.05) is 19.6 Å². The van der Waals surface area contributed by atoms with Gasteiger partial charge >= 0.3 is 6.36 Å². The maximum absolute atomic E-state index is 12.6. The molecule has 1 aromatic carbocycles. The van der Waals surface area contributed by atoms with Gasteiger partial charge in [-0.05, 0) is 25.0 Å². The Hall–Kier alpha value is -3.29. The van der Waals surface area contributed by atoms with Gasteiger partial charge < -0.3 is 20.3 Å². The largest absolute Gasteiger partial charge is 0.573 e. The smallest absolute Gasteiger partial charge is 0.405 e. The molecule has 30 heavy (non-hydrogen) atoms. The van der Waals surface area contributed by atoms with E-state index in [1.165, 1.54) is 24.0 Å². The van der Waals surface area contributed by atoms with Crippen molar-refractivity contribution in [3.63, 3.8) is 0 Å². The molecule has 11 heteroatoms. The Morgan fingerprint density at radius 1 is 1.30 bits per heavy atom. The lowest BCUT2D eigenvalue weighted by atomic mass is 9.97. The number of nitriles is 1. The monoisotopic (exact) mass is 426 g/mol. The van der Waals surface area contributed by atoms with Gasteiger partial charge in [-0.2, -0.15) is 5.26 Å². The summed E-state index contributed by atoms with van der Waals surface area (Å²) in [5.41, 5.74) is 0.0546. The van der Waals surface area contributed by atoms with E-state index in [9.17, 15) is 27.6 Å². The molecular formula is C19H21F3N4O4. The van der Waals surface area contributed by atoms with Crippen LogP contribution in [0.5, 0.6) is 5.75 Å². The molecule has 0 bridgehead atoms. The van der Waals surface area contributed by atoms with Gasteiger partial charge in [-0.15, -0.1) is 13.2 Å². The third-order valence-corrected chi connectivity index (χ3v) is 4.51. The van der Waals surface area contributed by atoms with Crippen LogP contribution in [0.2, 0.25) is 0 Å². The van der Waals surface area contributed by atoms with Gasteiger partial charge in [0.2, 0.25) is 17.7 Å². The minimum absolute atomic E-state index is 0.00932. The summed E-state index contributed by atoms with van der Waals surface area (Å²) in [7, 11) is 0. The molecule has 0 aromatic heterocycles. The lowest BCUT2D eigenvalue weighted by Gasteiger charge is -2.32. The number of hydrogen-bond donors (Lipinski definition) is 2. The van der Waals surface area contributed by atoms with Crippen LogP contribution in [0.25, 0.3) is 0 Å². The number of likely N-dealkylation sites (tertiary alicyclic amines) is 1. The lowest BCUT2D eigenvalue weighted by Crippen LogP contribution is -2.48. The number of nitrogens with one attached hydrogen (secondary N) is 2. The van der Waals surface area contributed by atoms with Crippen LogP contribution < -0.4 is 15.4 Å². The fourth-order valence-corrected chi connectivity index (χ4v) is 3.05. The first-order valence-corrected chi connectivity index (χ1v) is 9.17. The SMILES string of the molecule is CC(=O)NCC(=O)N1CCCC(C(=O)NCc2ccc(C#N)cc2OC(F)(F)F)C1. The second kappa shape index (κ2) is 9.96. The molecule has 1 unspecified atom stereocenters. The van der Waals surface area contributed by atoms with E-state index in [1.807, 2.05) is 0 Å². The Morgan fingerprint density at radius 2 is 2.03 bits per heavy atom. The number of carbonyl (C=O) groups excluding carboxylic acids is 3. The number of rotatable bonds is 6. The Kier molecular flexibility index (Phi) is 7.63. The van der Waals surface area contributed by atoms with Gasteiger partial charge in [0.05, 0.1) is 24.1 Å². The van der Waals surface area contributed by atoms with E-state index in [2.05, 4.69) is 15.4 Å². The minimum atomic E-state index is -4.94. The third kappa shape index (κ3) is 6.95. The Bertz CT molecular complexity index is 851. The number of carbonyl (C=O) groups is 3. The average Bonchev–Trinajstić information content (AvgIpc) is 2.69. The number of hydrogen-bond acceptors (Lipinski definition) is 5. The van der Waals surface area contributed by atoms with Crippen molar-refractivity contribution in [2.45, 2.75) is 32.7 Å². The number of benzene rings is 1. The zero-order chi connectivity index (χ0) is 22.3. The quantitative estimate of drug-likeness (QED) is 0.715. The van der Waals surface area contributed by atoms with Crippen LogP contribution in [0.4, 0.5) is 13.2 Å². The van der Waals surface area contributed by atoms with Crippen molar-refractivity contribution in [3.05, 3.63) is 29.3 Å². The molecule has 1 saturated heterocycles. The summed E-state index contributed by atoms with van der Waals surface area (Å²) in [5.74, 6) is -2.14. The maximum atomic E-state index is 12.6. The van der Waals surface area contributed by atoms with Crippen molar-refractivity contribution in [2.24, 2.45) is 5.92 Å². The van der Waals surface area contributed by atoms with Gasteiger partial charge in [0, 0.05) is 32.1 Å². The van der Waals surface area contributed by atoms with Crippen molar-refractivity contribution in [1.29, 1.82) is 5.26 Å². The fraction of sp³-hybridized carbons (Fsp3) is 0.474. The van der Waals surface area contributed by atoms with E-state index in [4.69, 9.17) is 5.26 Å². The molecule has 2 rings (SSSR count). The summed E-state index contributed by atoms with van der Waals surface area (Å²) in [6.07, 6.45) is -3.83. The predicted octanol–water partition coefficient (Wildman–Crippen LogP) is 1.45. The van der Waals surface area contributed by atoms with Gasteiger partial charge in [0.1, 0.15) is 5.75 Å². The highest BCUT2D eigenvalue weighted by Gasteiger charge is 2.33. The predicted molar refractivity (Wildman–Crippen MR) is 97.7 cm³/mol. The van der Waals surface area contributed by atoms with Crippen LogP contribution in [-0.2, 0) is 20.9 Å². The van der Waals surface area contributed by atoms with Crippen LogP contribution in [0.3, 0.4) is 0 Å². The molecule has 1 atom stereocenters. The van der Waals surface area contributed by atoms with Gasteiger partial charge in [0.25, 0.3) is 0 Å². The fourth-order valence-electron chi connectivity index (χ4n) is 3.05. The first-order chi connectivity index (χ1) is 14.1. The second-order valence-corrected chi connectivity index (χ2v) is 6.79. The molecule has 3 amide bonds. The van der Waals surface area contributed by atoms with Gasteiger partial charge in [0.15, 0.2) is 0 Å². The first kappa shape index (κ1) is 23.0. The minimum Gasteiger partial charge on any atom is -0.405 e. The molecular weight excluding hydrogens is 405 g/mol. The normalized spacial score (nSPS) is 16.4. The summed E-state index contributed by atoms with van der Waals surface area (Å²) < 4.78 is 41.8. The van der Waals surface area contributed by atoms with Crippen molar-refractivity contribution in [1.82, 2.24) is 15.5 Å². The molecule has 1 aliphatic rings. The molecule has 1 aliphatic heterocycles. The number of ether oxygens (including phenoxy) is 1. The zero-order valence-corrected chi connectivity index (χ0v) is 16.2. The Balaban J connectivity index is 1.99. The van der Waals surface area contributed by atoms with Crippen LogP contribution >= 0.6 is 0 Å². The number of halogens is 3. The lowest BCUT2D eigenvalue weighted by molar-refractivity contribution is -0.274. The summed E-state index contributed by atoms with van der Waals surface area (Å²) in [5, 5.41) is 13.8. The number of amides is 3. The van der Waals surface area contributed by atoms with Crippen LogP contribution in [0.15, 0.2) is 18.2 Å². The Morgan fingerprint density at radius 3 is 2.67 bits per heavy atom. The number of piperidine rings is 1. The summed E-state index contributed by atoms with van der Waals surface area (Å²) >= 11 is 0. The summed E-state index contributed by atoms with van der Waals surface area (Å²) in [6.45, 7) is 1.52. The van der Waals surface area contributed by atoms with Crippen molar-refractivity contribution >= 4 is 17.7 Å². The standard InChI is InChI=1S/C19H21F3N4O4/c1-12(27)24-10-17(28)26-6-2-3-15(11-26)18(29)25-9-14-5-4-13(8-23)7-16(14)30-19(20,21)22/h4-5,7,15H,2-3,6,9-11H2,1H3,(H,24,27)(H,25,29). The molecule has 2 N–H and O–H groups in total. The van der Waals surface area contributed by atoms with Gasteiger partial charge in [-0.1, -0.05) is 6.07 Å². The van der Waals surface area contributed by atoms with E-state index in [1.54, 1.807) is 6.07 Å². The molecule has 1 aromatic rings. The molecule has 0 radical (unpaired) electrons. The molecule has 1 fully saturated rings. The molecule has 0 spiro atoms. The highest BCUT2D eigenvalue weighted by molar-refractivity contribution is 5.85. The van der Waals surface area contributed by atoms with E-state index in [0.29, 0.717) is 19.4 Å². The van der Waals surface area contributed by atoms with Crippen LogP contribution in [-0.4, -0.2) is 48.6 Å². The van der Waals surface area contributed by atoms with E-state index in [0.717, 1.165) is 6.07 Å². The van der Waals surface area contributed by atoms with Crippen LogP contribution in [0, 0.1) is 17.2 Å². The van der Waals surface area contributed by atoms with E-state index in [-0.39, 0.29) is 42.6 Å². The molecule has 0 aliphatic carbocycles. The Labute approximate surface area is 171 Å². The molecule has 162 valence electrons. The first-order valence-electron chi connectivity index (χ1n) is 9.17. The van der Waals surface area contributed by atoms with E-state index < -0.39 is 23.9 Å². The average molecular weight is 426 g/mol. The van der Waals surface area contributed by atoms with Gasteiger partial charge in [-0.3, -0.25) is 14.4 Å².